The van der Waals surface area contributed by atoms with Gasteiger partial charge in [-0.3, -0.25) is 0 Å². The molecule has 0 unspecified atom stereocenters. The zero-order valence-electron chi connectivity index (χ0n) is 7.15. The van der Waals surface area contributed by atoms with Crippen molar-refractivity contribution in [2.45, 2.75) is 6.18 Å². The molecular weight excluding hydrogens is 202 g/mol. The Morgan fingerprint density at radius 2 is 1.86 bits per heavy atom. The molecular formula is C8H7F4NO. The van der Waals surface area contributed by atoms with E-state index in [-0.39, 0.29) is 5.69 Å². The van der Waals surface area contributed by atoms with Crippen LogP contribution in [0.1, 0.15) is 5.56 Å². The number of halogens is 4. The molecule has 0 aromatic heterocycles. The normalized spacial score (nSPS) is 11.5. The SMILES string of the molecule is COc1c(N)ccc(F)c1C(F)(F)F. The predicted molar refractivity (Wildman–Crippen MR) is 42.4 cm³/mol. The lowest BCUT2D eigenvalue weighted by Gasteiger charge is -2.14. The van der Waals surface area contributed by atoms with Gasteiger partial charge in [0.15, 0.2) is 5.75 Å². The fraction of sp³-hybridized carbons (Fsp3) is 0.250. The number of rotatable bonds is 1. The monoisotopic (exact) mass is 209 g/mol. The van der Waals surface area contributed by atoms with Crippen molar-refractivity contribution in [1.82, 2.24) is 0 Å². The molecule has 0 saturated heterocycles. The minimum Gasteiger partial charge on any atom is -0.494 e. The van der Waals surface area contributed by atoms with Gasteiger partial charge in [0.2, 0.25) is 0 Å². The van der Waals surface area contributed by atoms with Gasteiger partial charge in [-0.2, -0.15) is 13.2 Å². The zero-order valence-corrected chi connectivity index (χ0v) is 7.15. The number of hydrogen-bond donors (Lipinski definition) is 1. The second-order valence-electron chi connectivity index (χ2n) is 2.54. The number of hydrogen-bond acceptors (Lipinski definition) is 2. The summed E-state index contributed by atoms with van der Waals surface area (Å²) in [5.74, 6) is -2.08. The average molecular weight is 209 g/mol. The van der Waals surface area contributed by atoms with Gasteiger partial charge in [-0.1, -0.05) is 0 Å². The molecule has 0 saturated carbocycles. The van der Waals surface area contributed by atoms with Crippen LogP contribution in [0.15, 0.2) is 12.1 Å². The Kier molecular flexibility index (Phi) is 2.55. The van der Waals surface area contributed by atoms with Gasteiger partial charge in [-0.15, -0.1) is 0 Å². The van der Waals surface area contributed by atoms with E-state index in [4.69, 9.17) is 5.73 Å². The number of alkyl halides is 3. The number of nitrogen functional groups attached to an aromatic ring is 1. The number of nitrogens with two attached hydrogens (primary N) is 1. The van der Waals surface area contributed by atoms with Gasteiger partial charge >= 0.3 is 6.18 Å². The third-order valence-corrected chi connectivity index (χ3v) is 1.62. The molecule has 0 aliphatic rings. The van der Waals surface area contributed by atoms with E-state index in [0.717, 1.165) is 13.2 Å². The molecule has 0 fully saturated rings. The summed E-state index contributed by atoms with van der Waals surface area (Å²) in [6.45, 7) is 0. The maximum absolute atomic E-state index is 12.9. The molecule has 1 aromatic rings. The highest BCUT2D eigenvalue weighted by molar-refractivity contribution is 5.58. The molecule has 1 aromatic carbocycles. The van der Waals surface area contributed by atoms with Crippen molar-refractivity contribution in [3.63, 3.8) is 0 Å². The van der Waals surface area contributed by atoms with E-state index < -0.39 is 23.3 Å². The average Bonchev–Trinajstić information content (AvgIpc) is 2.06. The first-order valence-corrected chi connectivity index (χ1v) is 3.57. The highest BCUT2D eigenvalue weighted by Gasteiger charge is 2.38. The second kappa shape index (κ2) is 3.36. The standard InChI is InChI=1S/C8H7F4NO/c1-14-7-5(13)3-2-4(9)6(7)8(10,11)12/h2-3H,13H2,1H3. The van der Waals surface area contributed by atoms with Crippen LogP contribution < -0.4 is 10.5 Å². The van der Waals surface area contributed by atoms with Crippen molar-refractivity contribution < 1.29 is 22.3 Å². The van der Waals surface area contributed by atoms with Crippen LogP contribution in [0.25, 0.3) is 0 Å². The fourth-order valence-electron chi connectivity index (χ4n) is 1.06. The number of ether oxygens (including phenoxy) is 1. The highest BCUT2D eigenvalue weighted by atomic mass is 19.4. The number of anilines is 1. The van der Waals surface area contributed by atoms with Crippen molar-refractivity contribution in [1.29, 1.82) is 0 Å². The third kappa shape index (κ3) is 1.73. The lowest BCUT2D eigenvalue weighted by atomic mass is 10.1. The molecule has 6 heteroatoms. The molecule has 0 bridgehead atoms. The maximum Gasteiger partial charge on any atom is 0.422 e. The summed E-state index contributed by atoms with van der Waals surface area (Å²) in [5, 5.41) is 0. The van der Waals surface area contributed by atoms with Crippen LogP contribution in [0.4, 0.5) is 23.2 Å². The van der Waals surface area contributed by atoms with Gasteiger partial charge in [-0.25, -0.2) is 4.39 Å². The summed E-state index contributed by atoms with van der Waals surface area (Å²) in [4.78, 5) is 0. The van der Waals surface area contributed by atoms with Crippen LogP contribution in [0.3, 0.4) is 0 Å². The van der Waals surface area contributed by atoms with Crippen LogP contribution in [0, 0.1) is 5.82 Å². The minimum absolute atomic E-state index is 0.249. The number of methoxy groups -OCH3 is 1. The van der Waals surface area contributed by atoms with Crippen LogP contribution in [0.2, 0.25) is 0 Å². The zero-order chi connectivity index (χ0) is 10.9. The van der Waals surface area contributed by atoms with E-state index in [9.17, 15) is 17.6 Å². The topological polar surface area (TPSA) is 35.2 Å². The van der Waals surface area contributed by atoms with Gasteiger partial charge in [0.1, 0.15) is 11.4 Å². The Morgan fingerprint density at radius 3 is 2.21 bits per heavy atom. The largest absolute Gasteiger partial charge is 0.494 e. The summed E-state index contributed by atoms with van der Waals surface area (Å²) in [6.07, 6.45) is -4.81. The molecule has 0 amide bonds. The fourth-order valence-corrected chi connectivity index (χ4v) is 1.06. The Labute approximate surface area is 77.3 Å². The smallest absolute Gasteiger partial charge is 0.422 e. The first-order valence-electron chi connectivity index (χ1n) is 3.57. The molecule has 0 atom stereocenters. The van der Waals surface area contributed by atoms with Gasteiger partial charge in [0.25, 0.3) is 0 Å². The maximum atomic E-state index is 12.9. The van der Waals surface area contributed by atoms with Gasteiger partial charge < -0.3 is 10.5 Å². The summed E-state index contributed by atoms with van der Waals surface area (Å²) in [7, 11) is 1.00. The lowest BCUT2D eigenvalue weighted by molar-refractivity contribution is -0.141. The molecule has 14 heavy (non-hydrogen) atoms. The van der Waals surface area contributed by atoms with E-state index in [1.807, 2.05) is 0 Å². The third-order valence-electron chi connectivity index (χ3n) is 1.62. The van der Waals surface area contributed by atoms with Gasteiger partial charge in [0, 0.05) is 0 Å². The minimum atomic E-state index is -4.81. The molecule has 1 rings (SSSR count). The summed E-state index contributed by atoms with van der Waals surface area (Å²) in [5.41, 5.74) is 3.48. The lowest BCUT2D eigenvalue weighted by Crippen LogP contribution is -2.11. The first-order chi connectivity index (χ1) is 6.38. The Balaban J connectivity index is 3.46. The molecule has 0 spiro atoms. The molecule has 0 radical (unpaired) electrons. The van der Waals surface area contributed by atoms with E-state index >= 15 is 0 Å². The first kappa shape index (κ1) is 10.6. The molecule has 78 valence electrons. The van der Waals surface area contributed by atoms with E-state index in [1.165, 1.54) is 0 Å². The van der Waals surface area contributed by atoms with Gasteiger partial charge in [-0.05, 0) is 12.1 Å². The van der Waals surface area contributed by atoms with Crippen molar-refractivity contribution in [3.05, 3.63) is 23.5 Å². The van der Waals surface area contributed by atoms with E-state index in [0.29, 0.717) is 6.07 Å². The van der Waals surface area contributed by atoms with Gasteiger partial charge in [0.05, 0.1) is 12.8 Å². The van der Waals surface area contributed by atoms with Crippen molar-refractivity contribution in [3.8, 4) is 5.75 Å². The van der Waals surface area contributed by atoms with Crippen LogP contribution in [-0.2, 0) is 6.18 Å². The summed E-state index contributed by atoms with van der Waals surface area (Å²) >= 11 is 0. The summed E-state index contributed by atoms with van der Waals surface area (Å²) < 4.78 is 54.2. The van der Waals surface area contributed by atoms with Crippen molar-refractivity contribution in [2.24, 2.45) is 0 Å². The predicted octanol–water partition coefficient (Wildman–Crippen LogP) is 2.44. The van der Waals surface area contributed by atoms with Crippen LogP contribution in [-0.4, -0.2) is 7.11 Å². The van der Waals surface area contributed by atoms with E-state index in [1.54, 1.807) is 0 Å². The Bertz CT molecular complexity index is 348. The Morgan fingerprint density at radius 1 is 1.29 bits per heavy atom. The molecule has 0 aliphatic carbocycles. The van der Waals surface area contributed by atoms with Crippen LogP contribution in [0.5, 0.6) is 5.75 Å². The van der Waals surface area contributed by atoms with Crippen molar-refractivity contribution in [2.75, 3.05) is 12.8 Å². The molecule has 2 nitrogen and oxygen atoms in total. The summed E-state index contributed by atoms with van der Waals surface area (Å²) in [6, 6.07) is 1.67. The number of benzene rings is 1. The van der Waals surface area contributed by atoms with E-state index in [2.05, 4.69) is 4.74 Å². The Hall–Kier alpha value is -1.46. The highest BCUT2D eigenvalue weighted by Crippen LogP contribution is 2.40. The van der Waals surface area contributed by atoms with Crippen LogP contribution >= 0.6 is 0 Å². The molecule has 2 N–H and O–H groups in total. The quantitative estimate of drug-likeness (QED) is 0.569. The van der Waals surface area contributed by atoms with Crippen molar-refractivity contribution >= 4 is 5.69 Å². The molecule has 0 aliphatic heterocycles. The second-order valence-corrected chi connectivity index (χ2v) is 2.54. The molecule has 0 heterocycles.